The number of carbonyl (C=O) groups excluding carboxylic acids is 1. The first-order valence-corrected chi connectivity index (χ1v) is 13.0. The summed E-state index contributed by atoms with van der Waals surface area (Å²) in [6.45, 7) is 7.73. The summed E-state index contributed by atoms with van der Waals surface area (Å²) in [4.78, 5) is 28.7. The summed E-state index contributed by atoms with van der Waals surface area (Å²) in [5, 5.41) is 2.32. The zero-order valence-corrected chi connectivity index (χ0v) is 21.9. The van der Waals surface area contributed by atoms with Crippen molar-refractivity contribution in [3.63, 3.8) is 0 Å². The molecule has 0 radical (unpaired) electrons. The van der Waals surface area contributed by atoms with Crippen molar-refractivity contribution in [2.24, 2.45) is 0 Å². The van der Waals surface area contributed by atoms with E-state index in [2.05, 4.69) is 63.0 Å². The molecule has 2 aliphatic rings. The van der Waals surface area contributed by atoms with Crippen LogP contribution in [-0.2, 0) is 0 Å². The van der Waals surface area contributed by atoms with Crippen LogP contribution in [0.25, 0.3) is 21.8 Å². The molecule has 2 aliphatic heterocycles. The molecule has 4 aromatic rings. The van der Waals surface area contributed by atoms with E-state index in [1.54, 1.807) is 0 Å². The van der Waals surface area contributed by atoms with E-state index in [1.807, 2.05) is 41.3 Å². The van der Waals surface area contributed by atoms with Gasteiger partial charge in [-0.05, 0) is 38.4 Å². The molecule has 0 unspecified atom stereocenters. The second kappa shape index (κ2) is 10.8. The second-order valence-corrected chi connectivity index (χ2v) is 10.1. The number of piperazine rings is 2. The van der Waals surface area contributed by atoms with Gasteiger partial charge in [-0.3, -0.25) is 4.79 Å². The molecule has 2 aromatic carbocycles. The Balaban J connectivity index is 0.000000148. The number of H-pyrrole nitrogens is 2. The van der Waals surface area contributed by atoms with E-state index >= 15 is 0 Å². The van der Waals surface area contributed by atoms with Crippen LogP contribution >= 0.6 is 12.2 Å². The van der Waals surface area contributed by atoms with Crippen molar-refractivity contribution in [3.8, 4) is 0 Å². The lowest BCUT2D eigenvalue weighted by Gasteiger charge is -2.33. The average molecular weight is 503 g/mol. The summed E-state index contributed by atoms with van der Waals surface area (Å²) in [5.41, 5.74) is 3.94. The van der Waals surface area contributed by atoms with E-state index in [1.165, 1.54) is 5.39 Å². The molecule has 0 saturated carbocycles. The molecular formula is C28H34N6OS. The highest BCUT2D eigenvalue weighted by atomic mass is 32.1. The second-order valence-electron chi connectivity index (χ2n) is 9.73. The standard InChI is InChI=1S/C14H17N3O.C14H17N3S/c2*1-16-6-8-17(9-7-16)14(18)13-10-11-4-2-3-5-12(11)15-13/h2*2-5,10,15H,6-9H2,1H3. The normalized spacial score (nSPS) is 17.3. The fourth-order valence-corrected chi connectivity index (χ4v) is 5.03. The Morgan fingerprint density at radius 2 is 1.11 bits per heavy atom. The van der Waals surface area contributed by atoms with Crippen molar-refractivity contribution in [1.29, 1.82) is 0 Å². The number of aromatic nitrogens is 2. The lowest BCUT2D eigenvalue weighted by atomic mass is 10.2. The molecule has 2 saturated heterocycles. The number of nitrogens with one attached hydrogen (secondary N) is 2. The maximum Gasteiger partial charge on any atom is 0.270 e. The molecule has 0 aliphatic carbocycles. The Morgan fingerprint density at radius 1 is 0.667 bits per heavy atom. The van der Waals surface area contributed by atoms with Gasteiger partial charge in [-0.2, -0.15) is 0 Å². The molecule has 0 spiro atoms. The number of hydrogen-bond acceptors (Lipinski definition) is 4. The van der Waals surface area contributed by atoms with Gasteiger partial charge >= 0.3 is 0 Å². The number of likely N-dealkylation sites (N-methyl/N-ethyl adjacent to an activating group) is 2. The number of nitrogens with zero attached hydrogens (tertiary/aromatic N) is 4. The van der Waals surface area contributed by atoms with Crippen molar-refractivity contribution in [2.45, 2.75) is 0 Å². The maximum atomic E-state index is 12.4. The molecule has 1 amide bonds. The third kappa shape index (κ3) is 5.46. The molecule has 0 bridgehead atoms. The first-order chi connectivity index (χ1) is 17.5. The van der Waals surface area contributed by atoms with Gasteiger partial charge in [0.15, 0.2) is 0 Å². The smallest absolute Gasteiger partial charge is 0.270 e. The van der Waals surface area contributed by atoms with E-state index in [0.29, 0.717) is 5.69 Å². The van der Waals surface area contributed by atoms with Crippen molar-refractivity contribution in [1.82, 2.24) is 29.6 Å². The molecule has 2 N–H and O–H groups in total. The molecule has 188 valence electrons. The lowest BCUT2D eigenvalue weighted by molar-refractivity contribution is 0.0659. The number of carbonyl (C=O) groups is 1. The Hall–Kier alpha value is -3.20. The molecule has 2 aromatic heterocycles. The molecule has 0 atom stereocenters. The Morgan fingerprint density at radius 3 is 1.64 bits per heavy atom. The molecule has 2 fully saturated rings. The Bertz CT molecular complexity index is 1170. The van der Waals surface area contributed by atoms with E-state index in [0.717, 1.165) is 79.5 Å². The number of benzene rings is 2. The van der Waals surface area contributed by atoms with Gasteiger partial charge in [0.1, 0.15) is 10.7 Å². The van der Waals surface area contributed by atoms with Crippen LogP contribution in [0.4, 0.5) is 0 Å². The van der Waals surface area contributed by atoms with Crippen molar-refractivity contribution < 1.29 is 4.79 Å². The van der Waals surface area contributed by atoms with Crippen LogP contribution in [-0.4, -0.2) is 107 Å². The van der Waals surface area contributed by atoms with Crippen LogP contribution in [0.15, 0.2) is 60.7 Å². The van der Waals surface area contributed by atoms with Crippen molar-refractivity contribution in [2.75, 3.05) is 66.5 Å². The van der Waals surface area contributed by atoms with E-state index in [-0.39, 0.29) is 5.91 Å². The number of rotatable bonds is 2. The van der Waals surface area contributed by atoms with Gasteiger partial charge in [-0.15, -0.1) is 0 Å². The molecule has 4 heterocycles. The van der Waals surface area contributed by atoms with Crippen LogP contribution in [0.1, 0.15) is 16.2 Å². The zero-order chi connectivity index (χ0) is 25.1. The summed E-state index contributed by atoms with van der Waals surface area (Å²) >= 11 is 5.60. The minimum Gasteiger partial charge on any atom is -0.359 e. The minimum absolute atomic E-state index is 0.110. The summed E-state index contributed by atoms with van der Waals surface area (Å²) < 4.78 is 0. The van der Waals surface area contributed by atoms with E-state index in [4.69, 9.17) is 12.2 Å². The van der Waals surface area contributed by atoms with Crippen LogP contribution in [0.3, 0.4) is 0 Å². The van der Waals surface area contributed by atoms with Crippen molar-refractivity contribution >= 4 is 44.9 Å². The predicted molar refractivity (Wildman–Crippen MR) is 151 cm³/mol. The fourth-order valence-electron chi connectivity index (χ4n) is 4.74. The van der Waals surface area contributed by atoms with Gasteiger partial charge < -0.3 is 29.6 Å². The topological polar surface area (TPSA) is 61.6 Å². The third-order valence-electron chi connectivity index (χ3n) is 7.10. The predicted octanol–water partition coefficient (Wildman–Crippen LogP) is 3.65. The summed E-state index contributed by atoms with van der Waals surface area (Å²) in [6, 6.07) is 20.4. The summed E-state index contributed by atoms with van der Waals surface area (Å²) in [7, 11) is 4.24. The van der Waals surface area contributed by atoms with E-state index in [9.17, 15) is 4.79 Å². The van der Waals surface area contributed by atoms with Gasteiger partial charge in [0.25, 0.3) is 5.91 Å². The quantitative estimate of drug-likeness (QED) is 0.410. The van der Waals surface area contributed by atoms with Crippen molar-refractivity contribution in [3.05, 3.63) is 72.1 Å². The highest BCUT2D eigenvalue weighted by Crippen LogP contribution is 2.18. The number of hydrogen-bond donors (Lipinski definition) is 2. The Labute approximate surface area is 217 Å². The van der Waals surface area contributed by atoms with Crippen LogP contribution < -0.4 is 0 Å². The minimum atomic E-state index is 0.110. The van der Waals surface area contributed by atoms with Crippen LogP contribution in [0.2, 0.25) is 0 Å². The monoisotopic (exact) mass is 502 g/mol. The molecule has 8 heteroatoms. The van der Waals surface area contributed by atoms with Crippen LogP contribution in [0.5, 0.6) is 0 Å². The first-order valence-electron chi connectivity index (χ1n) is 12.6. The van der Waals surface area contributed by atoms with Crippen LogP contribution in [0, 0.1) is 0 Å². The highest BCUT2D eigenvalue weighted by Gasteiger charge is 2.21. The molecule has 7 nitrogen and oxygen atoms in total. The molecule has 36 heavy (non-hydrogen) atoms. The third-order valence-corrected chi connectivity index (χ3v) is 7.58. The Kier molecular flexibility index (Phi) is 7.36. The van der Waals surface area contributed by atoms with Gasteiger partial charge in [-0.25, -0.2) is 0 Å². The number of amides is 1. The fraction of sp³-hybridized carbons (Fsp3) is 0.357. The SMILES string of the molecule is CN1CCN(C(=O)c2cc3ccccc3[nH]2)CC1.CN1CCN(C(=S)c2cc3ccccc3[nH]2)CC1. The van der Waals surface area contributed by atoms with E-state index < -0.39 is 0 Å². The highest BCUT2D eigenvalue weighted by molar-refractivity contribution is 7.80. The molecular weight excluding hydrogens is 468 g/mol. The number of fused-ring (bicyclic) bond motifs is 2. The maximum absolute atomic E-state index is 12.4. The number of aromatic amines is 2. The number of para-hydroxylation sites is 2. The van der Waals surface area contributed by atoms with Gasteiger partial charge in [0.2, 0.25) is 0 Å². The van der Waals surface area contributed by atoms with Gasteiger partial charge in [0, 0.05) is 74.2 Å². The lowest BCUT2D eigenvalue weighted by Crippen LogP contribution is -2.47. The average Bonchev–Trinajstić information content (AvgIpc) is 3.54. The largest absolute Gasteiger partial charge is 0.359 e. The molecule has 6 rings (SSSR count). The number of thiocarbonyl (C=S) groups is 1. The van der Waals surface area contributed by atoms with Gasteiger partial charge in [0.05, 0.1) is 5.69 Å². The first kappa shape index (κ1) is 24.5. The summed E-state index contributed by atoms with van der Waals surface area (Å²) in [5.74, 6) is 0.110. The van der Waals surface area contributed by atoms with Gasteiger partial charge in [-0.1, -0.05) is 48.6 Å². The summed E-state index contributed by atoms with van der Waals surface area (Å²) in [6.07, 6.45) is 0. The zero-order valence-electron chi connectivity index (χ0n) is 21.0.